The zero-order valence-corrected chi connectivity index (χ0v) is 10.2. The van der Waals surface area contributed by atoms with Crippen molar-refractivity contribution < 1.29 is 14.4 Å². The summed E-state index contributed by atoms with van der Waals surface area (Å²) in [7, 11) is 0. The number of rotatable bonds is 4. The molecule has 0 saturated carbocycles. The highest BCUT2D eigenvalue weighted by molar-refractivity contribution is 9.09. The topological polar surface area (TPSA) is 55.7 Å². The molecule has 0 heterocycles. The fourth-order valence-electron chi connectivity index (χ4n) is 1.00. The summed E-state index contributed by atoms with van der Waals surface area (Å²) in [6, 6.07) is 8.67. The quantitative estimate of drug-likeness (QED) is 0.280. The van der Waals surface area contributed by atoms with Crippen LogP contribution in [0.5, 0.6) is 0 Å². The van der Waals surface area contributed by atoms with Gasteiger partial charge in [0.05, 0.1) is 5.33 Å². The van der Waals surface area contributed by atoms with Crippen molar-refractivity contribution in [1.82, 2.24) is 0 Å². The van der Waals surface area contributed by atoms with Gasteiger partial charge in [-0.1, -0.05) is 51.4 Å². The Morgan fingerprint density at radius 1 is 1.31 bits per heavy atom. The van der Waals surface area contributed by atoms with Crippen molar-refractivity contribution in [3.05, 3.63) is 35.9 Å². The Bertz CT molecular complexity index is 414. The lowest BCUT2D eigenvalue weighted by Crippen LogP contribution is -2.16. The van der Waals surface area contributed by atoms with Gasteiger partial charge < -0.3 is 4.84 Å². The van der Waals surface area contributed by atoms with Gasteiger partial charge in [-0.15, -0.1) is 0 Å². The van der Waals surface area contributed by atoms with Crippen LogP contribution in [-0.4, -0.2) is 22.8 Å². The van der Waals surface area contributed by atoms with Gasteiger partial charge in [-0.05, 0) is 0 Å². The van der Waals surface area contributed by atoms with Crippen LogP contribution in [0.1, 0.15) is 17.3 Å². The third kappa shape index (κ3) is 3.58. The van der Waals surface area contributed by atoms with Crippen LogP contribution in [0.4, 0.5) is 0 Å². The number of hydrogen-bond donors (Lipinski definition) is 0. The maximum Gasteiger partial charge on any atom is 0.331 e. The zero-order chi connectivity index (χ0) is 12.0. The molecule has 0 bridgehead atoms. The Hall–Kier alpha value is -1.49. The number of nitrogens with zero attached hydrogens (tertiary/aromatic N) is 1. The van der Waals surface area contributed by atoms with Crippen LogP contribution in [0.15, 0.2) is 35.5 Å². The molecule has 0 amide bonds. The third-order valence-corrected chi connectivity index (χ3v) is 2.24. The molecule has 16 heavy (non-hydrogen) atoms. The third-order valence-electron chi connectivity index (χ3n) is 1.71. The van der Waals surface area contributed by atoms with Crippen LogP contribution < -0.4 is 0 Å². The fourth-order valence-corrected chi connectivity index (χ4v) is 1.36. The second kappa shape index (κ2) is 6.17. The van der Waals surface area contributed by atoms with Crippen LogP contribution in [0.3, 0.4) is 0 Å². The van der Waals surface area contributed by atoms with Crippen molar-refractivity contribution in [3.63, 3.8) is 0 Å². The number of oxime groups is 1. The molecular formula is C11H10BrNO3. The Morgan fingerprint density at radius 2 is 1.94 bits per heavy atom. The Labute approximate surface area is 101 Å². The normalized spacial score (nSPS) is 11.0. The van der Waals surface area contributed by atoms with E-state index in [2.05, 4.69) is 25.9 Å². The molecule has 1 rings (SSSR count). The summed E-state index contributed by atoms with van der Waals surface area (Å²) in [5, 5.41) is 3.72. The standard InChI is InChI=1S/C11H10BrNO3/c1-8(14)16-13-10(7-12)11(15)9-5-3-2-4-6-9/h2-6H,7H2,1H3. The number of alkyl halides is 1. The highest BCUT2D eigenvalue weighted by atomic mass is 79.9. The molecule has 0 aliphatic carbocycles. The van der Waals surface area contributed by atoms with E-state index in [0.717, 1.165) is 0 Å². The van der Waals surface area contributed by atoms with E-state index < -0.39 is 5.97 Å². The van der Waals surface area contributed by atoms with Gasteiger partial charge >= 0.3 is 5.97 Å². The SMILES string of the molecule is CC(=O)ON=C(CBr)C(=O)c1ccccc1. The summed E-state index contributed by atoms with van der Waals surface area (Å²) in [5.74, 6) is -0.821. The Morgan fingerprint density at radius 3 is 2.44 bits per heavy atom. The number of halogens is 1. The number of ketones is 1. The molecule has 0 N–H and O–H groups in total. The summed E-state index contributed by atoms with van der Waals surface area (Å²) in [5.41, 5.74) is 0.661. The van der Waals surface area contributed by atoms with Gasteiger partial charge in [-0.25, -0.2) is 4.79 Å². The van der Waals surface area contributed by atoms with E-state index in [9.17, 15) is 9.59 Å². The van der Waals surface area contributed by atoms with Crippen LogP contribution >= 0.6 is 15.9 Å². The molecule has 0 radical (unpaired) electrons. The molecule has 0 aliphatic rings. The van der Waals surface area contributed by atoms with E-state index >= 15 is 0 Å². The van der Waals surface area contributed by atoms with E-state index in [1.165, 1.54) is 6.92 Å². The number of benzene rings is 1. The van der Waals surface area contributed by atoms with Crippen LogP contribution in [0, 0.1) is 0 Å². The smallest absolute Gasteiger partial charge is 0.318 e. The molecular weight excluding hydrogens is 274 g/mol. The molecule has 0 fully saturated rings. The van der Waals surface area contributed by atoms with Crippen molar-refractivity contribution in [2.75, 3.05) is 5.33 Å². The molecule has 4 nitrogen and oxygen atoms in total. The Balaban J connectivity index is 2.86. The molecule has 1 aromatic rings. The predicted octanol–water partition coefficient (Wildman–Crippen LogP) is 2.18. The van der Waals surface area contributed by atoms with Gasteiger partial charge in [0.1, 0.15) is 5.71 Å². The van der Waals surface area contributed by atoms with E-state index in [1.54, 1.807) is 24.3 Å². The maximum atomic E-state index is 11.8. The first-order valence-electron chi connectivity index (χ1n) is 4.55. The lowest BCUT2D eigenvalue weighted by Gasteiger charge is -2.01. The molecule has 5 heteroatoms. The lowest BCUT2D eigenvalue weighted by atomic mass is 10.1. The van der Waals surface area contributed by atoms with Crippen LogP contribution in [0.25, 0.3) is 0 Å². The second-order valence-corrected chi connectivity index (χ2v) is 3.51. The average molecular weight is 284 g/mol. The highest BCUT2D eigenvalue weighted by Gasteiger charge is 2.13. The average Bonchev–Trinajstić information content (AvgIpc) is 2.30. The highest BCUT2D eigenvalue weighted by Crippen LogP contribution is 2.03. The molecule has 0 unspecified atom stereocenters. The molecule has 84 valence electrons. The summed E-state index contributed by atoms with van der Waals surface area (Å²) < 4.78 is 0. The predicted molar refractivity (Wildman–Crippen MR) is 63.8 cm³/mol. The van der Waals surface area contributed by atoms with E-state index in [0.29, 0.717) is 5.56 Å². The number of carbonyl (C=O) groups is 2. The van der Waals surface area contributed by atoms with Crippen molar-refractivity contribution in [1.29, 1.82) is 0 Å². The van der Waals surface area contributed by atoms with Crippen molar-refractivity contribution in [3.8, 4) is 0 Å². The lowest BCUT2D eigenvalue weighted by molar-refractivity contribution is -0.140. The van der Waals surface area contributed by atoms with Crippen molar-refractivity contribution >= 4 is 33.4 Å². The minimum atomic E-state index is -0.556. The van der Waals surface area contributed by atoms with Crippen LogP contribution in [0.2, 0.25) is 0 Å². The zero-order valence-electron chi connectivity index (χ0n) is 8.64. The van der Waals surface area contributed by atoms with Gasteiger partial charge in [0.2, 0.25) is 5.78 Å². The van der Waals surface area contributed by atoms with Crippen LogP contribution in [-0.2, 0) is 9.63 Å². The summed E-state index contributed by atoms with van der Waals surface area (Å²) >= 11 is 3.12. The number of hydrogen-bond acceptors (Lipinski definition) is 4. The molecule has 0 saturated heterocycles. The number of carbonyl (C=O) groups excluding carboxylic acids is 2. The van der Waals surface area contributed by atoms with Crippen molar-refractivity contribution in [2.24, 2.45) is 5.16 Å². The summed E-state index contributed by atoms with van der Waals surface area (Å²) in [4.78, 5) is 26.8. The number of Topliss-reactive ketones (excluding diaryl/α,β-unsaturated/α-hetero) is 1. The minimum Gasteiger partial charge on any atom is -0.318 e. The van der Waals surface area contributed by atoms with E-state index in [-0.39, 0.29) is 16.8 Å². The first kappa shape index (κ1) is 12.6. The van der Waals surface area contributed by atoms with Crippen molar-refractivity contribution in [2.45, 2.75) is 6.92 Å². The van der Waals surface area contributed by atoms with Gasteiger partial charge in [0.25, 0.3) is 0 Å². The molecule has 0 spiro atoms. The first-order valence-corrected chi connectivity index (χ1v) is 5.67. The minimum absolute atomic E-state index is 0.154. The molecule has 0 aliphatic heterocycles. The molecule has 0 aromatic heterocycles. The monoisotopic (exact) mass is 283 g/mol. The first-order chi connectivity index (χ1) is 7.65. The molecule has 0 atom stereocenters. The van der Waals surface area contributed by atoms with E-state index in [4.69, 9.17) is 0 Å². The molecule has 1 aromatic carbocycles. The van der Waals surface area contributed by atoms with Gasteiger partial charge in [-0.2, -0.15) is 0 Å². The van der Waals surface area contributed by atoms with Gasteiger partial charge in [0.15, 0.2) is 0 Å². The maximum absolute atomic E-state index is 11.8. The van der Waals surface area contributed by atoms with E-state index in [1.807, 2.05) is 6.07 Å². The second-order valence-electron chi connectivity index (χ2n) is 2.95. The summed E-state index contributed by atoms with van der Waals surface area (Å²) in [6.07, 6.45) is 0. The fraction of sp³-hybridized carbons (Fsp3) is 0.182. The van der Waals surface area contributed by atoms with Gasteiger partial charge in [0, 0.05) is 12.5 Å². The summed E-state index contributed by atoms with van der Waals surface area (Å²) in [6.45, 7) is 1.22. The van der Waals surface area contributed by atoms with Gasteiger partial charge in [-0.3, -0.25) is 4.79 Å². The Kier molecular flexibility index (Phi) is 4.85. The largest absolute Gasteiger partial charge is 0.331 e.